The first-order valence-electron chi connectivity index (χ1n) is 11.0. The number of rotatable bonds is 10. The number of aliphatic hydroxyl groups excluding tert-OH is 1. The van der Waals surface area contributed by atoms with E-state index >= 15 is 0 Å². The molecule has 2 aliphatic rings. The molecular weight excluding hydrogens is 406 g/mol. The predicted octanol–water partition coefficient (Wildman–Crippen LogP) is -1.63. The number of carboxylic acids is 1. The number of carbonyl (C=O) groups excluding carboxylic acids is 3. The van der Waals surface area contributed by atoms with Gasteiger partial charge in [-0.15, -0.1) is 0 Å². The van der Waals surface area contributed by atoms with Gasteiger partial charge in [0.25, 0.3) is 0 Å². The van der Waals surface area contributed by atoms with Crippen molar-refractivity contribution in [3.63, 3.8) is 0 Å². The lowest BCUT2D eigenvalue weighted by Gasteiger charge is -2.32. The second-order valence-corrected chi connectivity index (χ2v) is 8.33. The van der Waals surface area contributed by atoms with Crippen molar-refractivity contribution in [1.29, 1.82) is 0 Å². The molecule has 0 aromatic carbocycles. The Balaban J connectivity index is 2.06. The van der Waals surface area contributed by atoms with E-state index in [1.807, 2.05) is 0 Å². The number of hydrogen-bond donors (Lipinski definition) is 5. The number of carboxylic acid groups (broad SMARTS) is 1. The fraction of sp³-hybridized carbons (Fsp3) is 0.800. The average molecular weight is 442 g/mol. The van der Waals surface area contributed by atoms with Crippen LogP contribution in [0.2, 0.25) is 0 Å². The maximum absolute atomic E-state index is 13.2. The van der Waals surface area contributed by atoms with Crippen LogP contribution in [-0.4, -0.2) is 93.6 Å². The van der Waals surface area contributed by atoms with Gasteiger partial charge in [-0.1, -0.05) is 0 Å². The van der Waals surface area contributed by atoms with E-state index in [1.165, 1.54) is 16.7 Å². The van der Waals surface area contributed by atoms with Crippen LogP contribution in [-0.2, 0) is 19.2 Å². The standard InChI is InChI=1S/C20H35N5O6/c1-12(26)16(22)19(29)25-11-5-8-15(25)18(28)24-10-4-7-14(24)17(27)23-13(20(30)31)6-2-3-9-21/h12-16,26H,2-11,21-22H2,1H3,(H,23,27)(H,30,31). The van der Waals surface area contributed by atoms with Crippen molar-refractivity contribution in [1.82, 2.24) is 15.1 Å². The average Bonchev–Trinajstić information content (AvgIpc) is 3.40. The van der Waals surface area contributed by atoms with Gasteiger partial charge in [-0.25, -0.2) is 4.79 Å². The number of aliphatic carboxylic acids is 1. The number of aliphatic hydroxyl groups is 1. The van der Waals surface area contributed by atoms with E-state index < -0.39 is 48.1 Å². The summed E-state index contributed by atoms with van der Waals surface area (Å²) in [5, 5.41) is 21.6. The van der Waals surface area contributed by atoms with E-state index in [0.29, 0.717) is 58.2 Å². The van der Waals surface area contributed by atoms with Gasteiger partial charge in [0, 0.05) is 13.1 Å². The number of likely N-dealkylation sites (tertiary alicyclic amines) is 2. The monoisotopic (exact) mass is 441 g/mol. The summed E-state index contributed by atoms with van der Waals surface area (Å²) < 4.78 is 0. The summed E-state index contributed by atoms with van der Waals surface area (Å²) in [7, 11) is 0. The van der Waals surface area contributed by atoms with E-state index in [9.17, 15) is 29.4 Å². The summed E-state index contributed by atoms with van der Waals surface area (Å²) >= 11 is 0. The van der Waals surface area contributed by atoms with Crippen LogP contribution in [0.4, 0.5) is 0 Å². The first-order valence-corrected chi connectivity index (χ1v) is 11.0. The molecule has 5 atom stereocenters. The summed E-state index contributed by atoms with van der Waals surface area (Å²) in [5.41, 5.74) is 11.2. The Kier molecular flexibility index (Phi) is 9.20. The van der Waals surface area contributed by atoms with Gasteiger partial charge < -0.3 is 36.8 Å². The third-order valence-electron chi connectivity index (χ3n) is 6.03. The van der Waals surface area contributed by atoms with Gasteiger partial charge in [0.15, 0.2) is 0 Å². The predicted molar refractivity (Wildman–Crippen MR) is 112 cm³/mol. The molecule has 7 N–H and O–H groups in total. The second kappa shape index (κ2) is 11.4. The van der Waals surface area contributed by atoms with Crippen LogP contribution in [0.5, 0.6) is 0 Å². The molecule has 0 aliphatic carbocycles. The summed E-state index contributed by atoms with van der Waals surface area (Å²) in [6, 6.07) is -3.65. The van der Waals surface area contributed by atoms with Crippen molar-refractivity contribution < 1.29 is 29.4 Å². The molecule has 0 aromatic heterocycles. The van der Waals surface area contributed by atoms with Crippen LogP contribution >= 0.6 is 0 Å². The molecule has 5 unspecified atom stereocenters. The second-order valence-electron chi connectivity index (χ2n) is 8.33. The van der Waals surface area contributed by atoms with E-state index in [2.05, 4.69) is 5.32 Å². The van der Waals surface area contributed by atoms with Crippen molar-refractivity contribution in [2.24, 2.45) is 11.5 Å². The lowest BCUT2D eigenvalue weighted by atomic mass is 10.1. The van der Waals surface area contributed by atoms with Gasteiger partial charge in [-0.05, 0) is 58.4 Å². The number of amides is 3. The highest BCUT2D eigenvalue weighted by atomic mass is 16.4. The zero-order valence-electron chi connectivity index (χ0n) is 18.0. The molecule has 0 spiro atoms. The Bertz CT molecular complexity index is 672. The lowest BCUT2D eigenvalue weighted by molar-refractivity contribution is -0.149. The molecule has 11 heteroatoms. The van der Waals surface area contributed by atoms with Crippen LogP contribution < -0.4 is 16.8 Å². The third-order valence-corrected chi connectivity index (χ3v) is 6.03. The van der Waals surface area contributed by atoms with E-state index in [0.717, 1.165) is 0 Å². The van der Waals surface area contributed by atoms with Gasteiger partial charge in [0.1, 0.15) is 24.2 Å². The van der Waals surface area contributed by atoms with Crippen molar-refractivity contribution in [3.8, 4) is 0 Å². The van der Waals surface area contributed by atoms with Crippen LogP contribution in [0.1, 0.15) is 51.9 Å². The fourth-order valence-corrected chi connectivity index (χ4v) is 4.20. The molecule has 0 saturated carbocycles. The van der Waals surface area contributed by atoms with Crippen molar-refractivity contribution in [2.75, 3.05) is 19.6 Å². The number of unbranched alkanes of at least 4 members (excludes halogenated alkanes) is 1. The molecule has 31 heavy (non-hydrogen) atoms. The lowest BCUT2D eigenvalue weighted by Crippen LogP contribution is -2.57. The van der Waals surface area contributed by atoms with E-state index in [4.69, 9.17) is 11.5 Å². The van der Waals surface area contributed by atoms with Crippen LogP contribution in [0, 0.1) is 0 Å². The number of hydrogen-bond acceptors (Lipinski definition) is 7. The Hall–Kier alpha value is -2.24. The maximum atomic E-state index is 13.2. The first-order chi connectivity index (χ1) is 14.7. The largest absolute Gasteiger partial charge is 0.480 e. The molecule has 2 saturated heterocycles. The summed E-state index contributed by atoms with van der Waals surface area (Å²) in [6.07, 6.45) is 2.59. The molecule has 0 aromatic rings. The van der Waals surface area contributed by atoms with Crippen molar-refractivity contribution in [3.05, 3.63) is 0 Å². The Morgan fingerprint density at radius 1 is 1.06 bits per heavy atom. The maximum Gasteiger partial charge on any atom is 0.326 e. The minimum atomic E-state index is -1.12. The molecule has 2 rings (SSSR count). The topological polar surface area (TPSA) is 179 Å². The molecule has 2 fully saturated rings. The molecule has 2 heterocycles. The molecule has 176 valence electrons. The highest BCUT2D eigenvalue weighted by molar-refractivity contribution is 5.95. The minimum Gasteiger partial charge on any atom is -0.480 e. The summed E-state index contributed by atoms with van der Waals surface area (Å²) in [6.45, 7) is 2.59. The minimum absolute atomic E-state index is 0.265. The van der Waals surface area contributed by atoms with Crippen molar-refractivity contribution in [2.45, 2.75) is 82.1 Å². The number of nitrogens with one attached hydrogen (secondary N) is 1. The Morgan fingerprint density at radius 2 is 1.68 bits per heavy atom. The van der Waals surface area contributed by atoms with Gasteiger partial charge in [-0.2, -0.15) is 0 Å². The van der Waals surface area contributed by atoms with Crippen LogP contribution in [0.3, 0.4) is 0 Å². The van der Waals surface area contributed by atoms with E-state index in [1.54, 1.807) is 0 Å². The van der Waals surface area contributed by atoms with Gasteiger partial charge in [0.05, 0.1) is 6.10 Å². The van der Waals surface area contributed by atoms with Gasteiger partial charge in [0.2, 0.25) is 17.7 Å². The van der Waals surface area contributed by atoms with Crippen molar-refractivity contribution >= 4 is 23.7 Å². The molecule has 2 aliphatic heterocycles. The molecular formula is C20H35N5O6. The molecule has 0 bridgehead atoms. The first kappa shape index (κ1) is 25.0. The van der Waals surface area contributed by atoms with Crippen LogP contribution in [0.25, 0.3) is 0 Å². The third kappa shape index (κ3) is 6.14. The molecule has 3 amide bonds. The Morgan fingerprint density at radius 3 is 2.26 bits per heavy atom. The van der Waals surface area contributed by atoms with Gasteiger partial charge >= 0.3 is 5.97 Å². The van der Waals surface area contributed by atoms with Crippen LogP contribution in [0.15, 0.2) is 0 Å². The highest BCUT2D eigenvalue weighted by Gasteiger charge is 2.43. The Labute approximate surface area is 182 Å². The smallest absolute Gasteiger partial charge is 0.326 e. The molecule has 0 radical (unpaired) electrons. The van der Waals surface area contributed by atoms with E-state index in [-0.39, 0.29) is 12.3 Å². The zero-order chi connectivity index (χ0) is 23.1. The quantitative estimate of drug-likeness (QED) is 0.251. The molecule has 11 nitrogen and oxygen atoms in total. The SMILES string of the molecule is CC(O)C(N)C(=O)N1CCCC1C(=O)N1CCCC1C(=O)NC(CCCCN)C(=O)O. The number of nitrogens with two attached hydrogens (primary N) is 2. The number of nitrogens with zero attached hydrogens (tertiary/aromatic N) is 2. The highest BCUT2D eigenvalue weighted by Crippen LogP contribution is 2.26. The summed E-state index contributed by atoms with van der Waals surface area (Å²) in [5.74, 6) is -2.45. The summed E-state index contributed by atoms with van der Waals surface area (Å²) in [4.78, 5) is 53.0. The fourth-order valence-electron chi connectivity index (χ4n) is 4.20. The normalized spacial score (nSPS) is 24.0. The van der Waals surface area contributed by atoms with Gasteiger partial charge in [-0.3, -0.25) is 14.4 Å². The number of carbonyl (C=O) groups is 4. The zero-order valence-corrected chi connectivity index (χ0v) is 18.0.